The Morgan fingerprint density at radius 1 is 1.48 bits per heavy atom. The van der Waals surface area contributed by atoms with Gasteiger partial charge in [-0.1, -0.05) is 6.92 Å². The molecular formula is C13H14N6O2. The lowest BCUT2D eigenvalue weighted by atomic mass is 9.95. The molecule has 0 spiro atoms. The van der Waals surface area contributed by atoms with Crippen molar-refractivity contribution >= 4 is 23.5 Å². The number of nitrogens with zero attached hydrogens (tertiary/aromatic N) is 4. The molecule has 1 aliphatic heterocycles. The number of aryl methyl sites for hydroxylation is 1. The second-order valence-corrected chi connectivity index (χ2v) is 4.93. The first-order valence-corrected chi connectivity index (χ1v) is 6.50. The van der Waals surface area contributed by atoms with Gasteiger partial charge in [0.25, 0.3) is 5.91 Å². The highest BCUT2D eigenvalue weighted by atomic mass is 16.2. The molecule has 8 nitrogen and oxygen atoms in total. The van der Waals surface area contributed by atoms with Crippen LogP contribution < -0.4 is 10.6 Å². The predicted molar refractivity (Wildman–Crippen MR) is 74.9 cm³/mol. The number of fused-ring (bicyclic) bond motifs is 1. The van der Waals surface area contributed by atoms with Crippen LogP contribution in [-0.4, -0.2) is 31.6 Å². The van der Waals surface area contributed by atoms with Crippen LogP contribution in [0, 0.1) is 0 Å². The van der Waals surface area contributed by atoms with Gasteiger partial charge in [-0.15, -0.1) is 0 Å². The minimum Gasteiger partial charge on any atom is -0.311 e. The number of rotatable bonds is 2. The normalized spacial score (nSPS) is 17.0. The molecule has 0 saturated heterocycles. The number of carbonyl (C=O) groups is 2. The molecule has 0 radical (unpaired) electrons. The molecule has 3 rings (SSSR count). The van der Waals surface area contributed by atoms with Gasteiger partial charge >= 0.3 is 0 Å². The van der Waals surface area contributed by atoms with Gasteiger partial charge in [-0.25, -0.2) is 4.98 Å². The van der Waals surface area contributed by atoms with E-state index in [1.165, 1.54) is 18.6 Å². The van der Waals surface area contributed by atoms with Crippen LogP contribution in [0.1, 0.15) is 35.3 Å². The summed E-state index contributed by atoms with van der Waals surface area (Å²) in [5.41, 5.74) is 1.04. The van der Waals surface area contributed by atoms with Crippen LogP contribution in [0.25, 0.3) is 0 Å². The van der Waals surface area contributed by atoms with Gasteiger partial charge in [0.15, 0.2) is 5.82 Å². The summed E-state index contributed by atoms with van der Waals surface area (Å²) in [4.78, 5) is 31.5. The molecule has 0 aliphatic carbocycles. The Kier molecular flexibility index (Phi) is 3.13. The van der Waals surface area contributed by atoms with Gasteiger partial charge in [0, 0.05) is 31.4 Å². The summed E-state index contributed by atoms with van der Waals surface area (Å²) in [6.07, 6.45) is 4.70. The number of aromatic nitrogens is 4. The van der Waals surface area contributed by atoms with E-state index in [9.17, 15) is 9.59 Å². The van der Waals surface area contributed by atoms with E-state index in [0.29, 0.717) is 18.1 Å². The molecule has 8 heteroatoms. The highest BCUT2D eigenvalue weighted by Crippen LogP contribution is 2.36. The quantitative estimate of drug-likeness (QED) is 0.854. The Labute approximate surface area is 120 Å². The molecule has 21 heavy (non-hydrogen) atoms. The van der Waals surface area contributed by atoms with Gasteiger partial charge in [-0.05, 0) is 5.92 Å². The molecular weight excluding hydrogens is 272 g/mol. The van der Waals surface area contributed by atoms with E-state index >= 15 is 0 Å². The Hall–Kier alpha value is -2.77. The number of hydrogen-bond donors (Lipinski definition) is 2. The van der Waals surface area contributed by atoms with E-state index in [1.807, 2.05) is 6.92 Å². The van der Waals surface area contributed by atoms with Crippen molar-refractivity contribution in [2.75, 3.05) is 10.6 Å². The summed E-state index contributed by atoms with van der Waals surface area (Å²) < 4.78 is 1.55. The van der Waals surface area contributed by atoms with Crippen LogP contribution in [0.5, 0.6) is 0 Å². The molecule has 1 aliphatic rings. The van der Waals surface area contributed by atoms with Crippen LogP contribution in [0.15, 0.2) is 18.6 Å². The first-order chi connectivity index (χ1) is 10.1. The molecule has 2 amide bonds. The Morgan fingerprint density at radius 3 is 3.00 bits per heavy atom. The standard InChI is InChI=1S/C13H14N6O2/c1-7-5-9(20)16-12-10(7)11(18-19(12)2)17-13(21)8-6-14-3-4-15-8/h3-4,6-7H,5H2,1-2H3,(H,16,20)(H,17,18,21). The molecule has 3 heterocycles. The first kappa shape index (κ1) is 13.2. The fourth-order valence-electron chi connectivity index (χ4n) is 2.40. The van der Waals surface area contributed by atoms with Crippen LogP contribution in [0.2, 0.25) is 0 Å². The van der Waals surface area contributed by atoms with E-state index in [1.54, 1.807) is 11.7 Å². The first-order valence-electron chi connectivity index (χ1n) is 6.50. The van der Waals surface area contributed by atoms with E-state index in [4.69, 9.17) is 0 Å². The van der Waals surface area contributed by atoms with Crippen LogP contribution in [0.3, 0.4) is 0 Å². The summed E-state index contributed by atoms with van der Waals surface area (Å²) in [6.45, 7) is 1.93. The van der Waals surface area contributed by atoms with Crippen molar-refractivity contribution in [1.29, 1.82) is 0 Å². The summed E-state index contributed by atoms with van der Waals surface area (Å²) in [5.74, 6) is 0.612. The number of carbonyl (C=O) groups excluding carboxylic acids is 2. The van der Waals surface area contributed by atoms with Gasteiger partial charge < -0.3 is 10.6 Å². The second-order valence-electron chi connectivity index (χ2n) is 4.93. The Balaban J connectivity index is 1.92. The number of nitrogens with one attached hydrogen (secondary N) is 2. The molecule has 1 atom stereocenters. The minimum absolute atomic E-state index is 0.0143. The van der Waals surface area contributed by atoms with Gasteiger partial charge in [0.05, 0.1) is 6.20 Å². The lowest BCUT2D eigenvalue weighted by molar-refractivity contribution is -0.116. The van der Waals surface area contributed by atoms with E-state index in [-0.39, 0.29) is 23.4 Å². The smallest absolute Gasteiger partial charge is 0.277 e. The van der Waals surface area contributed by atoms with Crippen molar-refractivity contribution in [1.82, 2.24) is 19.7 Å². The zero-order chi connectivity index (χ0) is 15.0. The molecule has 2 N–H and O–H groups in total. The third kappa shape index (κ3) is 2.35. The fourth-order valence-corrected chi connectivity index (χ4v) is 2.40. The van der Waals surface area contributed by atoms with Crippen LogP contribution in [0.4, 0.5) is 11.6 Å². The number of hydrogen-bond acceptors (Lipinski definition) is 5. The Bertz CT molecular complexity index is 709. The number of amides is 2. The van der Waals surface area contributed by atoms with Crippen molar-refractivity contribution in [2.45, 2.75) is 19.3 Å². The monoisotopic (exact) mass is 286 g/mol. The van der Waals surface area contributed by atoms with Gasteiger partial charge in [0.2, 0.25) is 5.91 Å². The van der Waals surface area contributed by atoms with E-state index < -0.39 is 0 Å². The highest BCUT2D eigenvalue weighted by molar-refractivity contribution is 6.04. The van der Waals surface area contributed by atoms with Gasteiger partial charge in [-0.3, -0.25) is 19.3 Å². The van der Waals surface area contributed by atoms with Gasteiger partial charge in [-0.2, -0.15) is 5.10 Å². The highest BCUT2D eigenvalue weighted by Gasteiger charge is 2.29. The zero-order valence-corrected chi connectivity index (χ0v) is 11.6. The maximum Gasteiger partial charge on any atom is 0.277 e. The summed E-state index contributed by atoms with van der Waals surface area (Å²) in [6, 6.07) is 0. The average Bonchev–Trinajstić information content (AvgIpc) is 2.76. The van der Waals surface area contributed by atoms with Crippen molar-refractivity contribution in [2.24, 2.45) is 7.05 Å². The number of anilines is 2. The second kappa shape index (κ2) is 4.97. The summed E-state index contributed by atoms with van der Waals surface area (Å²) in [7, 11) is 1.72. The molecule has 0 bridgehead atoms. The van der Waals surface area contributed by atoms with Crippen molar-refractivity contribution in [3.8, 4) is 0 Å². The molecule has 2 aromatic heterocycles. The maximum atomic E-state index is 12.1. The Morgan fingerprint density at radius 2 is 2.29 bits per heavy atom. The minimum atomic E-state index is -0.381. The largest absolute Gasteiger partial charge is 0.311 e. The lowest BCUT2D eigenvalue weighted by Crippen LogP contribution is -2.23. The van der Waals surface area contributed by atoms with E-state index in [0.717, 1.165) is 5.56 Å². The maximum absolute atomic E-state index is 12.1. The topological polar surface area (TPSA) is 102 Å². The molecule has 0 saturated carbocycles. The molecule has 108 valence electrons. The molecule has 0 aromatic carbocycles. The average molecular weight is 286 g/mol. The van der Waals surface area contributed by atoms with Gasteiger partial charge in [0.1, 0.15) is 11.5 Å². The SMILES string of the molecule is CC1CC(=O)Nc2c1c(NC(=O)c1cnccn1)nn2C. The fraction of sp³-hybridized carbons (Fsp3) is 0.308. The lowest BCUT2D eigenvalue weighted by Gasteiger charge is -2.20. The third-order valence-electron chi connectivity index (χ3n) is 3.35. The molecule has 2 aromatic rings. The van der Waals surface area contributed by atoms with Crippen LogP contribution in [-0.2, 0) is 11.8 Å². The van der Waals surface area contributed by atoms with Crippen molar-refractivity contribution in [3.63, 3.8) is 0 Å². The zero-order valence-electron chi connectivity index (χ0n) is 11.6. The predicted octanol–water partition coefficient (Wildman–Crippen LogP) is 0.908. The summed E-state index contributed by atoms with van der Waals surface area (Å²) in [5, 5.41) is 9.77. The molecule has 0 fully saturated rings. The third-order valence-corrected chi connectivity index (χ3v) is 3.35. The van der Waals surface area contributed by atoms with Crippen LogP contribution >= 0.6 is 0 Å². The van der Waals surface area contributed by atoms with Crippen molar-refractivity contribution < 1.29 is 9.59 Å². The van der Waals surface area contributed by atoms with Crippen molar-refractivity contribution in [3.05, 3.63) is 29.8 Å². The molecule has 1 unspecified atom stereocenters. The summed E-state index contributed by atoms with van der Waals surface area (Å²) >= 11 is 0. The van der Waals surface area contributed by atoms with E-state index in [2.05, 4.69) is 25.7 Å².